The molecule has 0 bridgehead atoms. The number of carboxylic acids is 2. The van der Waals surface area contributed by atoms with E-state index in [1.165, 1.54) is 0 Å². The van der Waals surface area contributed by atoms with E-state index in [0.29, 0.717) is 25.7 Å². The van der Waals surface area contributed by atoms with E-state index in [0.717, 1.165) is 0 Å². The Morgan fingerprint density at radius 3 is 1.23 bits per heavy atom. The molecule has 0 heterocycles. The van der Waals surface area contributed by atoms with E-state index in [9.17, 15) is 9.59 Å². The summed E-state index contributed by atoms with van der Waals surface area (Å²) >= 11 is 0. The molecule has 4 nitrogen and oxygen atoms in total. The zero-order chi connectivity index (χ0) is 9.14. The second kappa shape index (κ2) is 5.38. The first-order valence-electron chi connectivity index (χ1n) is 4.07. The van der Waals surface area contributed by atoms with Gasteiger partial charge in [-0.3, -0.25) is 9.59 Å². The van der Waals surface area contributed by atoms with Crippen molar-refractivity contribution >= 4 is 11.9 Å². The van der Waals surface area contributed by atoms with Crippen molar-refractivity contribution in [1.29, 1.82) is 0 Å². The molecule has 0 saturated heterocycles. The predicted molar refractivity (Wildman–Crippen MR) is 40.7 cm³/mol. The maximum atomic E-state index is 10.5. The number of aliphatic carboxylic acids is 2. The molecule has 0 aromatic carbocycles. The Kier molecular flexibility index (Phi) is 5.22. The smallest absolute Gasteiger partial charge is 0.306 e. The molecule has 13 heavy (non-hydrogen) atoms. The van der Waals surface area contributed by atoms with Crippen LogP contribution in [-0.4, -0.2) is 22.2 Å². The van der Waals surface area contributed by atoms with Crippen molar-refractivity contribution in [2.75, 3.05) is 0 Å². The molecule has 1 rings (SSSR count). The predicted octanol–water partition coefficient (Wildman–Crippen LogP) is 0.959. The van der Waals surface area contributed by atoms with E-state index in [-0.39, 0.29) is 32.9 Å². The van der Waals surface area contributed by atoms with Crippen LogP contribution in [0.2, 0.25) is 0 Å². The van der Waals surface area contributed by atoms with Crippen LogP contribution in [0.25, 0.3) is 0 Å². The number of carboxylic acid groups (broad SMARTS) is 2. The summed E-state index contributed by atoms with van der Waals surface area (Å²) in [7, 11) is 0. The summed E-state index contributed by atoms with van der Waals surface area (Å²) in [6.07, 6.45) is 2.03. The van der Waals surface area contributed by atoms with Crippen LogP contribution in [0, 0.1) is 11.8 Å². The van der Waals surface area contributed by atoms with Crippen molar-refractivity contribution in [3.8, 4) is 0 Å². The van der Waals surface area contributed by atoms with Gasteiger partial charge in [-0.25, -0.2) is 0 Å². The number of hydrogen-bond donors (Lipinski definition) is 2. The summed E-state index contributed by atoms with van der Waals surface area (Å²) in [5.41, 5.74) is 0. The van der Waals surface area contributed by atoms with Crippen LogP contribution in [0.4, 0.5) is 0 Å². The van der Waals surface area contributed by atoms with Gasteiger partial charge in [0.15, 0.2) is 0 Å². The second-order valence-electron chi connectivity index (χ2n) is 3.23. The Hall–Kier alpha value is -0.372. The van der Waals surface area contributed by atoms with Crippen LogP contribution >= 0.6 is 0 Å². The average Bonchev–Trinajstić information content (AvgIpc) is 2.04. The Bertz CT molecular complexity index is 174. The van der Waals surface area contributed by atoms with Crippen LogP contribution < -0.4 is 0 Å². The van der Waals surface area contributed by atoms with E-state index >= 15 is 0 Å². The third kappa shape index (κ3) is 3.47. The fourth-order valence-corrected chi connectivity index (χ4v) is 1.59. The monoisotopic (exact) mass is 270 g/mol. The van der Waals surface area contributed by atoms with Crippen molar-refractivity contribution in [1.82, 2.24) is 0 Å². The molecule has 0 spiro atoms. The molecule has 74 valence electrons. The summed E-state index contributed by atoms with van der Waals surface area (Å²) < 4.78 is 0. The van der Waals surface area contributed by atoms with Gasteiger partial charge in [-0.2, -0.15) is 0 Å². The molecular formula is C8H12MoO4. The molecule has 0 atom stereocenters. The Balaban J connectivity index is 0.00000144. The largest absolute Gasteiger partial charge is 0.481 e. The van der Waals surface area contributed by atoms with Crippen LogP contribution in [0.1, 0.15) is 25.7 Å². The fraction of sp³-hybridized carbons (Fsp3) is 0.750. The molecular weight excluding hydrogens is 256 g/mol. The fourth-order valence-electron chi connectivity index (χ4n) is 1.59. The molecule has 5 heteroatoms. The van der Waals surface area contributed by atoms with Crippen LogP contribution in [-0.2, 0) is 30.7 Å². The van der Waals surface area contributed by atoms with Crippen LogP contribution in [0.5, 0.6) is 0 Å². The van der Waals surface area contributed by atoms with Crippen LogP contribution in [0.15, 0.2) is 0 Å². The minimum Gasteiger partial charge on any atom is -0.481 e. The number of carbonyl (C=O) groups is 2. The number of hydrogen-bond acceptors (Lipinski definition) is 2. The first-order chi connectivity index (χ1) is 5.61. The average molecular weight is 268 g/mol. The van der Waals surface area contributed by atoms with Gasteiger partial charge in [0.1, 0.15) is 0 Å². The van der Waals surface area contributed by atoms with Gasteiger partial charge >= 0.3 is 11.9 Å². The third-order valence-electron chi connectivity index (χ3n) is 2.43. The summed E-state index contributed by atoms with van der Waals surface area (Å²) in [6.45, 7) is 0. The van der Waals surface area contributed by atoms with E-state index in [2.05, 4.69) is 0 Å². The van der Waals surface area contributed by atoms with Gasteiger partial charge in [-0.05, 0) is 25.7 Å². The molecule has 0 radical (unpaired) electrons. The Morgan fingerprint density at radius 1 is 0.846 bits per heavy atom. The molecule has 0 amide bonds. The van der Waals surface area contributed by atoms with E-state index < -0.39 is 11.9 Å². The topological polar surface area (TPSA) is 74.6 Å². The summed E-state index contributed by atoms with van der Waals surface area (Å²) in [4.78, 5) is 21.0. The molecule has 1 aliphatic rings. The van der Waals surface area contributed by atoms with Gasteiger partial charge in [-0.15, -0.1) is 0 Å². The SMILES string of the molecule is O=C(O)C1CCC(C(=O)O)CC1.[Mo]. The molecule has 2 N–H and O–H groups in total. The Morgan fingerprint density at radius 2 is 1.08 bits per heavy atom. The zero-order valence-corrected chi connectivity index (χ0v) is 9.11. The molecule has 0 aromatic heterocycles. The first-order valence-corrected chi connectivity index (χ1v) is 4.07. The molecule has 1 saturated carbocycles. The van der Waals surface area contributed by atoms with Gasteiger partial charge in [-0.1, -0.05) is 0 Å². The van der Waals surface area contributed by atoms with E-state index in [4.69, 9.17) is 10.2 Å². The van der Waals surface area contributed by atoms with Gasteiger partial charge in [0.25, 0.3) is 0 Å². The molecule has 0 unspecified atom stereocenters. The van der Waals surface area contributed by atoms with Gasteiger partial charge in [0, 0.05) is 21.1 Å². The van der Waals surface area contributed by atoms with Crippen molar-refractivity contribution < 1.29 is 40.9 Å². The molecule has 1 aliphatic carbocycles. The summed E-state index contributed by atoms with van der Waals surface area (Å²) in [6, 6.07) is 0. The Labute approximate surface area is 90.6 Å². The van der Waals surface area contributed by atoms with Crippen molar-refractivity contribution in [3.63, 3.8) is 0 Å². The van der Waals surface area contributed by atoms with E-state index in [1.807, 2.05) is 0 Å². The van der Waals surface area contributed by atoms with Gasteiger partial charge in [0.2, 0.25) is 0 Å². The molecule has 1 fully saturated rings. The quantitative estimate of drug-likeness (QED) is 0.731. The minimum absolute atomic E-state index is 0. The van der Waals surface area contributed by atoms with Crippen molar-refractivity contribution in [2.24, 2.45) is 11.8 Å². The van der Waals surface area contributed by atoms with Crippen LogP contribution in [0.3, 0.4) is 0 Å². The third-order valence-corrected chi connectivity index (χ3v) is 2.43. The van der Waals surface area contributed by atoms with Crippen molar-refractivity contribution in [2.45, 2.75) is 25.7 Å². The summed E-state index contributed by atoms with van der Waals surface area (Å²) in [5, 5.41) is 17.2. The van der Waals surface area contributed by atoms with Crippen molar-refractivity contribution in [3.05, 3.63) is 0 Å². The minimum atomic E-state index is -0.793. The van der Waals surface area contributed by atoms with Gasteiger partial charge < -0.3 is 10.2 Å². The number of rotatable bonds is 2. The van der Waals surface area contributed by atoms with Gasteiger partial charge in [0.05, 0.1) is 11.8 Å². The second-order valence-corrected chi connectivity index (χ2v) is 3.23. The molecule has 0 aromatic rings. The van der Waals surface area contributed by atoms with E-state index in [1.54, 1.807) is 0 Å². The normalized spacial score (nSPS) is 27.4. The first kappa shape index (κ1) is 12.6. The standard InChI is InChI=1S/C8H12O4.Mo/c9-7(10)5-1-2-6(4-3-5)8(11)12;/h5-6H,1-4H2,(H,9,10)(H,11,12);. The maximum Gasteiger partial charge on any atom is 0.306 e. The zero-order valence-electron chi connectivity index (χ0n) is 7.10. The summed E-state index contributed by atoms with van der Waals surface area (Å²) in [5.74, 6) is -2.22. The maximum absolute atomic E-state index is 10.5. The molecule has 0 aliphatic heterocycles.